The zero-order valence-corrected chi connectivity index (χ0v) is 14.2. The van der Waals surface area contributed by atoms with E-state index in [2.05, 4.69) is 31.7 Å². The van der Waals surface area contributed by atoms with Crippen LogP contribution in [0.15, 0.2) is 18.2 Å². The largest absolute Gasteiger partial charge is 0.491 e. The van der Waals surface area contributed by atoms with Gasteiger partial charge in [-0.1, -0.05) is 19.1 Å². The van der Waals surface area contributed by atoms with E-state index in [1.54, 1.807) is 0 Å². The van der Waals surface area contributed by atoms with Gasteiger partial charge in [-0.3, -0.25) is 0 Å². The third kappa shape index (κ3) is 5.50. The maximum atomic E-state index is 10.1. The number of halogens is 1. The molecular formula is C17H28ClNO2. The van der Waals surface area contributed by atoms with Crippen molar-refractivity contribution in [2.45, 2.75) is 39.7 Å². The topological polar surface area (TPSA) is 32.7 Å². The number of piperidine rings is 1. The van der Waals surface area contributed by atoms with Gasteiger partial charge in [-0.25, -0.2) is 0 Å². The van der Waals surface area contributed by atoms with Crippen molar-refractivity contribution in [1.29, 1.82) is 0 Å². The van der Waals surface area contributed by atoms with Crippen molar-refractivity contribution in [1.82, 2.24) is 4.90 Å². The lowest BCUT2D eigenvalue weighted by Crippen LogP contribution is -2.40. The molecule has 1 aromatic rings. The highest BCUT2D eigenvalue weighted by Crippen LogP contribution is 2.21. The van der Waals surface area contributed by atoms with Crippen LogP contribution in [-0.4, -0.2) is 42.4 Å². The average Bonchev–Trinajstić information content (AvgIpc) is 2.43. The summed E-state index contributed by atoms with van der Waals surface area (Å²) in [7, 11) is 0. The van der Waals surface area contributed by atoms with E-state index in [-0.39, 0.29) is 12.4 Å². The van der Waals surface area contributed by atoms with Crippen molar-refractivity contribution in [3.05, 3.63) is 29.3 Å². The first-order valence-corrected chi connectivity index (χ1v) is 7.65. The fraction of sp³-hybridized carbons (Fsp3) is 0.647. The Morgan fingerprint density at radius 3 is 2.62 bits per heavy atom. The highest BCUT2D eigenvalue weighted by molar-refractivity contribution is 5.85. The van der Waals surface area contributed by atoms with Gasteiger partial charge in [0, 0.05) is 6.54 Å². The molecule has 21 heavy (non-hydrogen) atoms. The number of aryl methyl sites for hydroxylation is 1. The summed E-state index contributed by atoms with van der Waals surface area (Å²) < 4.78 is 5.77. The first-order chi connectivity index (χ1) is 9.56. The van der Waals surface area contributed by atoms with Gasteiger partial charge in [0.2, 0.25) is 0 Å². The SMILES string of the molecule is Cc1cccc(OCC(O)CN2CCC(C)CC2)c1C.Cl. The molecule has 1 atom stereocenters. The number of aliphatic hydroxyl groups excluding tert-OH is 1. The molecule has 0 aliphatic carbocycles. The Hall–Kier alpha value is -0.770. The summed E-state index contributed by atoms with van der Waals surface area (Å²) >= 11 is 0. The molecule has 0 aromatic heterocycles. The Kier molecular flexibility index (Phi) is 7.50. The molecule has 1 fully saturated rings. The summed E-state index contributed by atoms with van der Waals surface area (Å²) in [6, 6.07) is 6.04. The molecule has 0 spiro atoms. The molecule has 3 nitrogen and oxygen atoms in total. The fourth-order valence-electron chi connectivity index (χ4n) is 2.66. The number of benzene rings is 1. The number of nitrogens with zero attached hydrogens (tertiary/aromatic N) is 1. The van der Waals surface area contributed by atoms with Gasteiger partial charge in [0.1, 0.15) is 18.5 Å². The minimum atomic E-state index is -0.414. The second-order valence-electron chi connectivity index (χ2n) is 6.15. The number of hydrogen-bond acceptors (Lipinski definition) is 3. The summed E-state index contributed by atoms with van der Waals surface area (Å²) in [5.41, 5.74) is 2.38. The molecule has 1 aliphatic rings. The molecule has 1 saturated heterocycles. The number of ether oxygens (including phenoxy) is 1. The van der Waals surface area contributed by atoms with E-state index in [9.17, 15) is 5.11 Å². The normalized spacial score (nSPS) is 18.1. The van der Waals surface area contributed by atoms with E-state index >= 15 is 0 Å². The molecule has 0 bridgehead atoms. The molecule has 120 valence electrons. The summed E-state index contributed by atoms with van der Waals surface area (Å²) in [6.45, 7) is 9.73. The van der Waals surface area contributed by atoms with Gasteiger partial charge in [-0.05, 0) is 62.9 Å². The molecule has 1 aliphatic heterocycles. The summed E-state index contributed by atoms with van der Waals surface area (Å²) in [6.07, 6.45) is 2.07. The van der Waals surface area contributed by atoms with Crippen molar-refractivity contribution in [3.63, 3.8) is 0 Å². The van der Waals surface area contributed by atoms with Crippen molar-refractivity contribution in [2.24, 2.45) is 5.92 Å². The van der Waals surface area contributed by atoms with Crippen LogP contribution in [0.25, 0.3) is 0 Å². The van der Waals surface area contributed by atoms with Crippen molar-refractivity contribution < 1.29 is 9.84 Å². The van der Waals surface area contributed by atoms with Crippen LogP contribution in [0.1, 0.15) is 30.9 Å². The van der Waals surface area contributed by atoms with Crippen LogP contribution in [0.3, 0.4) is 0 Å². The predicted octanol–water partition coefficient (Wildman–Crippen LogP) is 3.20. The standard InChI is InChI=1S/C17H27NO2.ClH/c1-13-7-9-18(10-8-13)11-16(19)12-20-17-6-4-5-14(2)15(17)3;/h4-6,13,16,19H,7-12H2,1-3H3;1H. The first-order valence-electron chi connectivity index (χ1n) is 7.65. The summed E-state index contributed by atoms with van der Waals surface area (Å²) in [4.78, 5) is 2.34. The highest BCUT2D eigenvalue weighted by Gasteiger charge is 2.18. The van der Waals surface area contributed by atoms with E-state index in [0.29, 0.717) is 6.61 Å². The molecule has 1 aromatic carbocycles. The summed E-state index contributed by atoms with van der Waals surface area (Å²) in [5, 5.41) is 10.1. The molecule has 0 radical (unpaired) electrons. The smallest absolute Gasteiger partial charge is 0.122 e. The van der Waals surface area contributed by atoms with Crippen LogP contribution in [-0.2, 0) is 0 Å². The van der Waals surface area contributed by atoms with Crippen molar-refractivity contribution in [2.75, 3.05) is 26.2 Å². The van der Waals surface area contributed by atoms with Gasteiger partial charge in [0.25, 0.3) is 0 Å². The molecule has 1 heterocycles. The maximum absolute atomic E-state index is 10.1. The number of rotatable bonds is 5. The van der Waals surface area contributed by atoms with Crippen LogP contribution in [0.5, 0.6) is 5.75 Å². The zero-order valence-electron chi connectivity index (χ0n) is 13.3. The molecule has 0 amide bonds. The van der Waals surface area contributed by atoms with Crippen molar-refractivity contribution in [3.8, 4) is 5.75 Å². The lowest BCUT2D eigenvalue weighted by Gasteiger charge is -2.31. The van der Waals surface area contributed by atoms with Gasteiger partial charge in [0.05, 0.1) is 0 Å². The van der Waals surface area contributed by atoms with Crippen LogP contribution in [0, 0.1) is 19.8 Å². The monoisotopic (exact) mass is 313 g/mol. The average molecular weight is 314 g/mol. The quantitative estimate of drug-likeness (QED) is 0.906. The minimum Gasteiger partial charge on any atom is -0.491 e. The van der Waals surface area contributed by atoms with Crippen LogP contribution < -0.4 is 4.74 Å². The predicted molar refractivity (Wildman–Crippen MR) is 89.5 cm³/mol. The Morgan fingerprint density at radius 2 is 1.95 bits per heavy atom. The Morgan fingerprint density at radius 1 is 1.29 bits per heavy atom. The molecule has 2 rings (SSSR count). The van der Waals surface area contributed by atoms with Gasteiger partial charge in [-0.15, -0.1) is 12.4 Å². The Bertz CT molecular complexity index is 431. The van der Waals surface area contributed by atoms with E-state index in [1.807, 2.05) is 12.1 Å². The molecule has 4 heteroatoms. The lowest BCUT2D eigenvalue weighted by atomic mass is 9.99. The molecular weight excluding hydrogens is 286 g/mol. The Labute approximate surface area is 134 Å². The minimum absolute atomic E-state index is 0. The Balaban J connectivity index is 0.00000220. The second kappa shape index (κ2) is 8.62. The van der Waals surface area contributed by atoms with Crippen LogP contribution >= 0.6 is 12.4 Å². The highest BCUT2D eigenvalue weighted by atomic mass is 35.5. The molecule has 1 unspecified atom stereocenters. The second-order valence-corrected chi connectivity index (χ2v) is 6.15. The maximum Gasteiger partial charge on any atom is 0.122 e. The summed E-state index contributed by atoms with van der Waals surface area (Å²) in [5.74, 6) is 1.71. The van der Waals surface area contributed by atoms with Crippen LogP contribution in [0.2, 0.25) is 0 Å². The fourth-order valence-corrected chi connectivity index (χ4v) is 2.66. The third-order valence-electron chi connectivity index (χ3n) is 4.33. The van der Waals surface area contributed by atoms with Gasteiger partial charge in [0.15, 0.2) is 0 Å². The molecule has 0 saturated carbocycles. The zero-order chi connectivity index (χ0) is 14.5. The van der Waals surface area contributed by atoms with E-state index in [1.165, 1.54) is 18.4 Å². The van der Waals surface area contributed by atoms with E-state index in [0.717, 1.165) is 36.9 Å². The molecule has 1 N–H and O–H groups in total. The van der Waals surface area contributed by atoms with Gasteiger partial charge >= 0.3 is 0 Å². The van der Waals surface area contributed by atoms with Gasteiger partial charge < -0.3 is 14.7 Å². The number of likely N-dealkylation sites (tertiary alicyclic amines) is 1. The van der Waals surface area contributed by atoms with Crippen molar-refractivity contribution >= 4 is 12.4 Å². The van der Waals surface area contributed by atoms with E-state index in [4.69, 9.17) is 4.74 Å². The lowest BCUT2D eigenvalue weighted by molar-refractivity contribution is 0.0561. The van der Waals surface area contributed by atoms with Crippen LogP contribution in [0.4, 0.5) is 0 Å². The van der Waals surface area contributed by atoms with Gasteiger partial charge in [-0.2, -0.15) is 0 Å². The number of hydrogen-bond donors (Lipinski definition) is 1. The number of aliphatic hydroxyl groups is 1. The van der Waals surface area contributed by atoms with E-state index < -0.39 is 6.10 Å². The first kappa shape index (κ1) is 18.3. The third-order valence-corrected chi connectivity index (χ3v) is 4.33. The number of β-amino-alcohol motifs (C(OH)–C–C–N with tert-alkyl or cyclic N) is 1.